The van der Waals surface area contributed by atoms with E-state index in [1.54, 1.807) is 33.8 Å². The van der Waals surface area contributed by atoms with Gasteiger partial charge in [-0.15, -0.1) is 5.10 Å². The number of amides is 2. The second-order valence-corrected chi connectivity index (χ2v) is 16.9. The molecule has 1 spiro atoms. The van der Waals surface area contributed by atoms with Crippen molar-refractivity contribution in [2.75, 3.05) is 16.3 Å². The van der Waals surface area contributed by atoms with E-state index in [2.05, 4.69) is 10.3 Å². The minimum atomic E-state index is -3.32. The summed E-state index contributed by atoms with van der Waals surface area (Å²) in [6, 6.07) is 24.7. The van der Waals surface area contributed by atoms with Crippen molar-refractivity contribution in [3.05, 3.63) is 107 Å². The second-order valence-electron chi connectivity index (χ2n) is 13.1. The molecule has 46 heavy (non-hydrogen) atoms. The Morgan fingerprint density at radius 1 is 1.04 bits per heavy atom. The lowest BCUT2D eigenvalue weighted by molar-refractivity contribution is -0.146. The minimum absolute atomic E-state index is 0.114. The number of aliphatic hydroxyl groups excluding tert-OH is 1. The highest BCUT2D eigenvalue weighted by Gasteiger charge is 2.66. The Bertz CT molecular complexity index is 1760. The van der Waals surface area contributed by atoms with Crippen LogP contribution in [0.1, 0.15) is 48.3 Å². The highest BCUT2D eigenvalue weighted by molar-refractivity contribution is 6.72. The molecule has 0 unspecified atom stereocenters. The van der Waals surface area contributed by atoms with E-state index in [1.807, 2.05) is 85.8 Å². The average molecular weight is 640 g/mol. The maximum Gasteiger partial charge on any atom is 0.264 e. The van der Waals surface area contributed by atoms with Crippen LogP contribution in [0.25, 0.3) is 0 Å². The number of aliphatic hydroxyl groups is 1. The molecule has 0 saturated carbocycles. The summed E-state index contributed by atoms with van der Waals surface area (Å²) in [7, 11) is -3.32. The predicted octanol–water partition coefficient (Wildman–Crippen LogP) is 5.51. The number of carbonyl (C=O) groups is 2. The molecule has 0 bridgehead atoms. The maximum atomic E-state index is 16.2. The van der Waals surface area contributed by atoms with E-state index in [1.165, 1.54) is 0 Å². The number of fused-ring (bicyclic) bond motifs is 2. The second kappa shape index (κ2) is 11.6. The summed E-state index contributed by atoms with van der Waals surface area (Å²) < 4.78 is 24.7. The summed E-state index contributed by atoms with van der Waals surface area (Å²) >= 11 is 0. The van der Waals surface area contributed by atoms with E-state index >= 15 is 4.11 Å². The summed E-state index contributed by atoms with van der Waals surface area (Å²) in [4.78, 5) is 30.0. The van der Waals surface area contributed by atoms with E-state index < -0.39 is 37.7 Å². The highest BCUT2D eigenvalue weighted by atomic mass is 28.4. The molecule has 11 heteroatoms. The number of anilines is 2. The first kappa shape index (κ1) is 30.5. The van der Waals surface area contributed by atoms with Gasteiger partial charge in [0.05, 0.1) is 24.5 Å². The number of aromatic nitrogens is 3. The summed E-state index contributed by atoms with van der Waals surface area (Å²) in [6.07, 6.45) is 1.30. The van der Waals surface area contributed by atoms with Crippen LogP contribution in [0.4, 0.5) is 15.5 Å². The molecule has 0 aliphatic carbocycles. The van der Waals surface area contributed by atoms with Gasteiger partial charge >= 0.3 is 0 Å². The third-order valence-corrected chi connectivity index (χ3v) is 12.4. The lowest BCUT2D eigenvalue weighted by Gasteiger charge is -2.31. The fourth-order valence-electron chi connectivity index (χ4n) is 7.59. The van der Waals surface area contributed by atoms with Crippen LogP contribution in [0, 0.1) is 5.92 Å². The van der Waals surface area contributed by atoms with Crippen LogP contribution < -0.4 is 9.80 Å². The topological polar surface area (TPSA) is 101 Å². The van der Waals surface area contributed by atoms with Crippen LogP contribution in [-0.4, -0.2) is 53.0 Å². The molecule has 3 aliphatic rings. The van der Waals surface area contributed by atoms with Gasteiger partial charge in [0.2, 0.25) is 14.3 Å². The number of hydrogen-bond acceptors (Lipinski definition) is 6. The van der Waals surface area contributed by atoms with Crippen molar-refractivity contribution in [3.63, 3.8) is 0 Å². The first-order chi connectivity index (χ1) is 22.1. The summed E-state index contributed by atoms with van der Waals surface area (Å²) in [5, 5.41) is 19.2. The summed E-state index contributed by atoms with van der Waals surface area (Å²) in [5.41, 5.74) is 2.74. The molecule has 9 nitrogen and oxygen atoms in total. The molecule has 7 rings (SSSR count). The molecular formula is C35H38FN5O4Si. The van der Waals surface area contributed by atoms with E-state index in [4.69, 9.17) is 4.74 Å². The van der Waals surface area contributed by atoms with Crippen LogP contribution in [0.3, 0.4) is 0 Å². The van der Waals surface area contributed by atoms with E-state index in [0.29, 0.717) is 31.6 Å². The van der Waals surface area contributed by atoms with Crippen LogP contribution in [0.5, 0.6) is 0 Å². The van der Waals surface area contributed by atoms with Crippen LogP contribution in [-0.2, 0) is 33.0 Å². The number of benzene rings is 3. The third-order valence-electron chi connectivity index (χ3n) is 9.90. The monoisotopic (exact) mass is 639 g/mol. The Morgan fingerprint density at radius 2 is 1.76 bits per heavy atom. The van der Waals surface area contributed by atoms with Gasteiger partial charge in [-0.25, -0.2) is 0 Å². The standard InChI is InChI=1S/C35H38FN5O4Si/c1-23-33(46(2,3)36)30(17-19-39-22-28(37-38-39)32(43)25-9-5-4-6-10-25)45-35(23)27-11-7-8-12-29(27)41(34(35)44)21-24-13-15-26(16-14-24)40-20-18-31(40)42/h4-16,22-23,30,32-33,43H,17-21H2,1-3H3/t23-,30+,32-,33-,35+/m1/s1. The normalized spacial score (nSPS) is 24.8. The molecule has 2 amide bonds. The molecule has 3 aromatic carbocycles. The zero-order valence-electron chi connectivity index (χ0n) is 26.2. The van der Waals surface area contributed by atoms with Gasteiger partial charge in [-0.3, -0.25) is 14.3 Å². The SMILES string of the molecule is C[C@@H]1[C@@H]([Si](C)(C)F)[C@H](CCn2cc([C@H](O)c3ccccc3)nn2)O[C@@]12C(=O)N(Cc1ccc(N3CCC3=O)cc1)c1ccccc12. The number of para-hydroxylation sites is 1. The summed E-state index contributed by atoms with van der Waals surface area (Å²) in [6.45, 7) is 6.80. The molecule has 4 aromatic rings. The van der Waals surface area contributed by atoms with Crippen molar-refractivity contribution in [2.24, 2.45) is 5.92 Å². The van der Waals surface area contributed by atoms with Gasteiger partial charge in [0.1, 0.15) is 11.8 Å². The fraction of sp³-hybridized carbons (Fsp3) is 0.371. The molecule has 0 radical (unpaired) electrons. The van der Waals surface area contributed by atoms with Crippen LogP contribution in [0.15, 0.2) is 85.1 Å². The van der Waals surface area contributed by atoms with Gasteiger partial charge in [0, 0.05) is 42.2 Å². The van der Waals surface area contributed by atoms with Gasteiger partial charge in [0.15, 0.2) is 5.60 Å². The van der Waals surface area contributed by atoms with Gasteiger partial charge in [-0.05, 0) is 48.8 Å². The molecule has 2 fully saturated rings. The number of halogens is 1. The molecule has 238 valence electrons. The highest BCUT2D eigenvalue weighted by Crippen LogP contribution is 2.60. The first-order valence-electron chi connectivity index (χ1n) is 15.9. The lowest BCUT2D eigenvalue weighted by Crippen LogP contribution is -2.45. The molecule has 2 saturated heterocycles. The maximum absolute atomic E-state index is 16.2. The number of aryl methyl sites for hydroxylation is 1. The van der Waals surface area contributed by atoms with E-state index in [9.17, 15) is 14.7 Å². The average Bonchev–Trinajstić information content (AvgIpc) is 3.71. The number of ether oxygens (including phenoxy) is 1. The summed E-state index contributed by atoms with van der Waals surface area (Å²) in [5.74, 6) is -0.458. The molecule has 3 aliphatic heterocycles. The molecular weight excluding hydrogens is 602 g/mol. The van der Waals surface area contributed by atoms with Gasteiger partial charge in [-0.1, -0.05) is 72.8 Å². The molecule has 1 aromatic heterocycles. The number of β-lactam (4-membered cyclic amide) rings is 1. The van der Waals surface area contributed by atoms with Crippen molar-refractivity contribution in [2.45, 2.75) is 69.3 Å². The Balaban J connectivity index is 1.14. The fourth-order valence-corrected chi connectivity index (χ4v) is 10.1. The molecule has 1 N–H and O–H groups in total. The number of nitrogens with zero attached hydrogens (tertiary/aromatic N) is 5. The Labute approximate surface area is 268 Å². The predicted molar refractivity (Wildman–Crippen MR) is 174 cm³/mol. The molecule has 4 heterocycles. The van der Waals surface area contributed by atoms with Gasteiger partial charge in [0.25, 0.3) is 5.91 Å². The number of carbonyl (C=O) groups excluding carboxylic acids is 2. The Hall–Kier alpha value is -4.19. The zero-order valence-corrected chi connectivity index (χ0v) is 27.2. The van der Waals surface area contributed by atoms with E-state index in [0.717, 1.165) is 34.6 Å². The van der Waals surface area contributed by atoms with Crippen molar-refractivity contribution in [3.8, 4) is 0 Å². The number of hydrogen-bond donors (Lipinski definition) is 1. The van der Waals surface area contributed by atoms with E-state index in [-0.39, 0.29) is 11.8 Å². The third kappa shape index (κ3) is 5.06. The van der Waals surface area contributed by atoms with Gasteiger partial charge < -0.3 is 23.8 Å². The first-order valence-corrected chi connectivity index (χ1v) is 18.8. The van der Waals surface area contributed by atoms with Crippen molar-refractivity contribution in [1.29, 1.82) is 0 Å². The quantitative estimate of drug-likeness (QED) is 0.147. The van der Waals surface area contributed by atoms with Crippen LogP contribution in [0.2, 0.25) is 18.6 Å². The van der Waals surface area contributed by atoms with Gasteiger partial charge in [-0.2, -0.15) is 0 Å². The molecule has 5 atom stereocenters. The lowest BCUT2D eigenvalue weighted by atomic mass is 9.82. The van der Waals surface area contributed by atoms with Crippen molar-refractivity contribution < 1.29 is 23.5 Å². The number of rotatable bonds is 9. The van der Waals surface area contributed by atoms with Crippen molar-refractivity contribution in [1.82, 2.24) is 15.0 Å². The zero-order chi connectivity index (χ0) is 32.2. The largest absolute Gasteiger partial charge is 0.382 e. The van der Waals surface area contributed by atoms with Crippen molar-refractivity contribution >= 4 is 31.6 Å². The smallest absolute Gasteiger partial charge is 0.264 e. The Kier molecular flexibility index (Phi) is 7.65. The Morgan fingerprint density at radius 3 is 2.43 bits per heavy atom. The van der Waals surface area contributed by atoms with Crippen LogP contribution >= 0.6 is 0 Å². The minimum Gasteiger partial charge on any atom is -0.382 e.